The Morgan fingerprint density at radius 3 is 2.90 bits per heavy atom. The van der Waals surface area contributed by atoms with Crippen LogP contribution < -0.4 is 4.74 Å². The second-order valence-corrected chi connectivity index (χ2v) is 7.39. The Labute approximate surface area is 175 Å². The molecule has 4 heterocycles. The number of likely N-dealkylation sites (tertiary alicyclic amines) is 1. The number of amides is 1. The molecule has 1 aliphatic heterocycles. The van der Waals surface area contributed by atoms with Crippen LogP contribution in [0.1, 0.15) is 49.0 Å². The highest BCUT2D eigenvalue weighted by atomic mass is 16.5. The van der Waals surface area contributed by atoms with Gasteiger partial charge in [0.05, 0.1) is 18.8 Å². The first-order valence-corrected chi connectivity index (χ1v) is 10.2. The van der Waals surface area contributed by atoms with Gasteiger partial charge in [-0.3, -0.25) is 9.78 Å². The van der Waals surface area contributed by atoms with Gasteiger partial charge >= 0.3 is 0 Å². The smallest absolute Gasteiger partial charge is 0.254 e. The maximum absolute atomic E-state index is 13.1. The molecule has 3 aromatic rings. The molecular weight excluding hydrogens is 382 g/mol. The number of carbonyl (C=O) groups excluding carboxylic acids is 1. The third kappa shape index (κ3) is 4.32. The molecule has 3 aromatic heterocycles. The highest BCUT2D eigenvalue weighted by Gasteiger charge is 2.31. The first-order valence-electron chi connectivity index (χ1n) is 10.2. The van der Waals surface area contributed by atoms with Crippen molar-refractivity contribution < 1.29 is 14.1 Å². The summed E-state index contributed by atoms with van der Waals surface area (Å²) in [6, 6.07) is 5.55. The van der Waals surface area contributed by atoms with Crippen LogP contribution in [0.2, 0.25) is 0 Å². The second-order valence-electron chi connectivity index (χ2n) is 7.39. The van der Waals surface area contributed by atoms with Crippen molar-refractivity contribution in [3.05, 3.63) is 54.1 Å². The van der Waals surface area contributed by atoms with Gasteiger partial charge in [0.15, 0.2) is 0 Å². The fraction of sp³-hybridized carbons (Fsp3) is 0.409. The van der Waals surface area contributed by atoms with E-state index >= 15 is 0 Å². The van der Waals surface area contributed by atoms with Crippen molar-refractivity contribution in [2.24, 2.45) is 0 Å². The molecule has 1 saturated heterocycles. The van der Waals surface area contributed by atoms with Crippen molar-refractivity contribution in [2.75, 3.05) is 13.7 Å². The molecule has 0 bridgehead atoms. The summed E-state index contributed by atoms with van der Waals surface area (Å²) in [5, 5.41) is 3.80. The van der Waals surface area contributed by atoms with Crippen molar-refractivity contribution in [3.8, 4) is 17.0 Å². The average molecular weight is 407 g/mol. The summed E-state index contributed by atoms with van der Waals surface area (Å²) in [5.41, 5.74) is 2.86. The number of carbonyl (C=O) groups is 1. The number of methoxy groups -OCH3 is 1. The normalized spacial score (nSPS) is 16.5. The Balaban J connectivity index is 1.58. The maximum atomic E-state index is 13.1. The van der Waals surface area contributed by atoms with Gasteiger partial charge < -0.3 is 14.2 Å². The Kier molecular flexibility index (Phi) is 6.02. The van der Waals surface area contributed by atoms with Gasteiger partial charge in [-0.25, -0.2) is 9.97 Å². The van der Waals surface area contributed by atoms with Crippen molar-refractivity contribution >= 4 is 5.91 Å². The summed E-state index contributed by atoms with van der Waals surface area (Å²) in [5.74, 6) is 1.86. The SMILES string of the molecule is COc1cc(CCC(=O)N2CCCCC2c2nc(C)ncc2-c2ccncc2)on1. The summed E-state index contributed by atoms with van der Waals surface area (Å²) in [7, 11) is 1.54. The molecule has 1 atom stereocenters. The molecule has 0 N–H and O–H groups in total. The molecule has 1 unspecified atom stereocenters. The monoisotopic (exact) mass is 407 g/mol. The first kappa shape index (κ1) is 20.0. The molecule has 0 aromatic carbocycles. The van der Waals surface area contributed by atoms with E-state index < -0.39 is 0 Å². The minimum atomic E-state index is -0.0691. The van der Waals surface area contributed by atoms with Gasteiger partial charge in [-0.15, -0.1) is 0 Å². The summed E-state index contributed by atoms with van der Waals surface area (Å²) < 4.78 is 10.3. The lowest BCUT2D eigenvalue weighted by Gasteiger charge is -2.36. The van der Waals surface area contributed by atoms with E-state index in [-0.39, 0.29) is 11.9 Å². The minimum absolute atomic E-state index is 0.0691. The second kappa shape index (κ2) is 9.02. The van der Waals surface area contributed by atoms with Crippen LogP contribution in [0.15, 0.2) is 41.3 Å². The molecule has 4 rings (SSSR count). The third-order valence-corrected chi connectivity index (χ3v) is 5.40. The fourth-order valence-electron chi connectivity index (χ4n) is 3.89. The molecule has 30 heavy (non-hydrogen) atoms. The van der Waals surface area contributed by atoms with Crippen LogP contribution in [0.3, 0.4) is 0 Å². The van der Waals surface area contributed by atoms with Gasteiger partial charge in [0.25, 0.3) is 5.88 Å². The van der Waals surface area contributed by atoms with E-state index in [1.807, 2.05) is 30.2 Å². The van der Waals surface area contributed by atoms with Crippen molar-refractivity contribution in [1.29, 1.82) is 0 Å². The highest BCUT2D eigenvalue weighted by molar-refractivity contribution is 5.77. The summed E-state index contributed by atoms with van der Waals surface area (Å²) in [4.78, 5) is 28.4. The summed E-state index contributed by atoms with van der Waals surface area (Å²) in [6.45, 7) is 2.61. The van der Waals surface area contributed by atoms with Gasteiger partial charge in [-0.1, -0.05) is 0 Å². The Hall–Kier alpha value is -3.29. The number of aryl methyl sites for hydroxylation is 2. The number of nitrogens with zero attached hydrogens (tertiary/aromatic N) is 5. The zero-order valence-corrected chi connectivity index (χ0v) is 17.2. The van der Waals surface area contributed by atoms with Gasteiger partial charge in [0.2, 0.25) is 5.91 Å². The van der Waals surface area contributed by atoms with Crippen LogP contribution in [-0.4, -0.2) is 44.6 Å². The molecule has 156 valence electrons. The molecule has 1 fully saturated rings. The molecule has 0 radical (unpaired) electrons. The van der Waals surface area contributed by atoms with E-state index in [9.17, 15) is 4.79 Å². The molecule has 1 aliphatic rings. The van der Waals surface area contributed by atoms with Crippen molar-refractivity contribution in [2.45, 2.75) is 45.1 Å². The number of piperidine rings is 1. The largest absolute Gasteiger partial charge is 0.479 e. The standard InChI is InChI=1S/C22H25N5O3/c1-15-24-14-18(16-8-10-23-11-9-16)22(25-15)19-5-3-4-12-27(19)21(28)7-6-17-13-20(29-2)26-30-17/h8-11,13-14,19H,3-7,12H2,1-2H3. The summed E-state index contributed by atoms with van der Waals surface area (Å²) in [6.07, 6.45) is 9.14. The molecule has 8 nitrogen and oxygen atoms in total. The van der Waals surface area contributed by atoms with Crippen LogP contribution in [0, 0.1) is 6.92 Å². The Morgan fingerprint density at radius 2 is 2.13 bits per heavy atom. The predicted octanol–water partition coefficient (Wildman–Crippen LogP) is 3.53. The van der Waals surface area contributed by atoms with E-state index in [0.29, 0.717) is 30.3 Å². The average Bonchev–Trinajstić information content (AvgIpc) is 3.26. The zero-order chi connectivity index (χ0) is 20.9. The lowest BCUT2D eigenvalue weighted by atomic mass is 9.93. The van der Waals surface area contributed by atoms with Crippen LogP contribution in [0.4, 0.5) is 0 Å². The summed E-state index contributed by atoms with van der Waals surface area (Å²) >= 11 is 0. The van der Waals surface area contributed by atoms with Gasteiger partial charge in [-0.05, 0) is 49.0 Å². The molecule has 0 saturated carbocycles. The van der Waals surface area contributed by atoms with Crippen LogP contribution in [0.25, 0.3) is 11.1 Å². The zero-order valence-electron chi connectivity index (χ0n) is 17.2. The Bertz CT molecular complexity index is 1010. The fourth-order valence-corrected chi connectivity index (χ4v) is 3.89. The van der Waals surface area contributed by atoms with Gasteiger partial charge in [0.1, 0.15) is 11.6 Å². The quantitative estimate of drug-likeness (QED) is 0.617. The predicted molar refractivity (Wildman–Crippen MR) is 110 cm³/mol. The van der Waals surface area contributed by atoms with E-state index in [0.717, 1.165) is 42.6 Å². The van der Waals surface area contributed by atoms with Gasteiger partial charge in [0, 0.05) is 49.6 Å². The number of pyridine rings is 1. The number of rotatable bonds is 6. The van der Waals surface area contributed by atoms with E-state index in [4.69, 9.17) is 14.2 Å². The van der Waals surface area contributed by atoms with E-state index in [1.54, 1.807) is 18.5 Å². The first-order chi connectivity index (χ1) is 14.7. The lowest BCUT2D eigenvalue weighted by Crippen LogP contribution is -2.39. The van der Waals surface area contributed by atoms with Crippen molar-refractivity contribution in [3.63, 3.8) is 0 Å². The topological polar surface area (TPSA) is 94.2 Å². The Morgan fingerprint density at radius 1 is 1.30 bits per heavy atom. The van der Waals surface area contributed by atoms with Crippen molar-refractivity contribution in [1.82, 2.24) is 25.0 Å². The van der Waals surface area contributed by atoms with E-state index in [2.05, 4.69) is 15.1 Å². The molecule has 0 spiro atoms. The number of ether oxygens (including phenoxy) is 1. The number of hydrogen-bond donors (Lipinski definition) is 0. The number of hydrogen-bond acceptors (Lipinski definition) is 7. The van der Waals surface area contributed by atoms with E-state index in [1.165, 1.54) is 7.11 Å². The molecule has 8 heteroatoms. The van der Waals surface area contributed by atoms with Crippen LogP contribution in [-0.2, 0) is 11.2 Å². The minimum Gasteiger partial charge on any atom is -0.479 e. The van der Waals surface area contributed by atoms with Crippen LogP contribution in [0.5, 0.6) is 5.88 Å². The van der Waals surface area contributed by atoms with Gasteiger partial charge in [-0.2, -0.15) is 0 Å². The van der Waals surface area contributed by atoms with Crippen LogP contribution >= 0.6 is 0 Å². The molecule has 1 amide bonds. The highest BCUT2D eigenvalue weighted by Crippen LogP contribution is 2.36. The molecule has 0 aliphatic carbocycles. The third-order valence-electron chi connectivity index (χ3n) is 5.40. The maximum Gasteiger partial charge on any atom is 0.254 e. The lowest BCUT2D eigenvalue weighted by molar-refractivity contribution is -0.135. The number of aromatic nitrogens is 4. The molecular formula is C22H25N5O3.